The smallest absolute Gasteiger partial charge is 0.267 e. The van der Waals surface area contributed by atoms with E-state index in [4.69, 9.17) is 10.5 Å². The molecule has 0 amide bonds. The summed E-state index contributed by atoms with van der Waals surface area (Å²) in [5.74, 6) is -0.0761. The Morgan fingerprint density at radius 2 is 1.58 bits per heavy atom. The molecule has 26 heavy (non-hydrogen) atoms. The van der Waals surface area contributed by atoms with Crippen LogP contribution in [0.1, 0.15) is 30.4 Å². The highest BCUT2D eigenvalue weighted by Gasteiger charge is 2.51. The lowest BCUT2D eigenvalue weighted by Gasteiger charge is -2.49. The van der Waals surface area contributed by atoms with Crippen molar-refractivity contribution < 1.29 is 13.5 Å². The Kier molecular flexibility index (Phi) is 5.73. The molecule has 1 aliphatic carbocycles. The molecule has 2 N–H and O–H groups in total. The molecule has 0 saturated heterocycles. The fourth-order valence-electron chi connectivity index (χ4n) is 4.23. The standard InChI is InChI=1S/C22H27F2NO/c1-26-22(20(23)24)13-12-21(25,15-18-10-6-3-7-11-18)19(16-22)14-17-8-4-2-5-9-17/h2-11,19-20H,12-16,25H2,1H3. The van der Waals surface area contributed by atoms with Crippen molar-refractivity contribution in [3.05, 3.63) is 71.8 Å². The maximum atomic E-state index is 13.8. The summed E-state index contributed by atoms with van der Waals surface area (Å²) in [4.78, 5) is 0. The zero-order chi connectivity index (χ0) is 18.6. The van der Waals surface area contributed by atoms with Crippen molar-refractivity contribution >= 4 is 0 Å². The summed E-state index contributed by atoms with van der Waals surface area (Å²) in [6, 6.07) is 20.1. The second-order valence-corrected chi connectivity index (χ2v) is 7.56. The number of nitrogens with two attached hydrogens (primary N) is 1. The summed E-state index contributed by atoms with van der Waals surface area (Å²) in [5.41, 5.74) is 7.22. The molecule has 1 fully saturated rings. The van der Waals surface area contributed by atoms with Gasteiger partial charge in [0.2, 0.25) is 0 Å². The predicted octanol–water partition coefficient (Wildman–Crippen LogP) is 4.62. The molecule has 2 aromatic carbocycles. The predicted molar refractivity (Wildman–Crippen MR) is 100 cm³/mol. The van der Waals surface area contributed by atoms with Crippen LogP contribution < -0.4 is 5.73 Å². The van der Waals surface area contributed by atoms with E-state index in [2.05, 4.69) is 12.1 Å². The van der Waals surface area contributed by atoms with Crippen LogP contribution in [0.4, 0.5) is 8.78 Å². The van der Waals surface area contributed by atoms with Gasteiger partial charge in [-0.05, 0) is 49.1 Å². The first-order valence-corrected chi connectivity index (χ1v) is 9.17. The van der Waals surface area contributed by atoms with Gasteiger partial charge in [0.1, 0.15) is 5.60 Å². The van der Waals surface area contributed by atoms with Gasteiger partial charge >= 0.3 is 0 Å². The van der Waals surface area contributed by atoms with E-state index in [9.17, 15) is 8.78 Å². The Labute approximate surface area is 154 Å². The van der Waals surface area contributed by atoms with Crippen molar-refractivity contribution in [3.63, 3.8) is 0 Å². The monoisotopic (exact) mass is 359 g/mol. The first-order chi connectivity index (χ1) is 12.5. The van der Waals surface area contributed by atoms with E-state index in [1.807, 2.05) is 48.5 Å². The molecule has 0 bridgehead atoms. The maximum Gasteiger partial charge on any atom is 0.267 e. The minimum absolute atomic E-state index is 0.0761. The summed E-state index contributed by atoms with van der Waals surface area (Å²) in [5, 5.41) is 0. The largest absolute Gasteiger partial charge is 0.372 e. The Morgan fingerprint density at radius 3 is 2.12 bits per heavy atom. The second kappa shape index (κ2) is 7.85. The summed E-state index contributed by atoms with van der Waals surface area (Å²) in [6.45, 7) is 0. The van der Waals surface area contributed by atoms with E-state index in [0.29, 0.717) is 19.3 Å². The number of halogens is 2. The zero-order valence-corrected chi connectivity index (χ0v) is 15.2. The van der Waals surface area contributed by atoms with E-state index in [-0.39, 0.29) is 18.8 Å². The van der Waals surface area contributed by atoms with Gasteiger partial charge in [0, 0.05) is 12.6 Å². The number of hydrogen-bond acceptors (Lipinski definition) is 2. The Morgan fingerprint density at radius 1 is 1.00 bits per heavy atom. The Bertz CT molecular complexity index is 694. The average molecular weight is 359 g/mol. The van der Waals surface area contributed by atoms with Crippen molar-refractivity contribution in [2.24, 2.45) is 11.7 Å². The lowest BCUT2D eigenvalue weighted by atomic mass is 9.63. The lowest BCUT2D eigenvalue weighted by molar-refractivity contribution is -0.159. The molecule has 0 radical (unpaired) electrons. The minimum Gasteiger partial charge on any atom is -0.372 e. The third-order valence-corrected chi connectivity index (χ3v) is 5.92. The number of hydrogen-bond donors (Lipinski definition) is 1. The van der Waals surface area contributed by atoms with Gasteiger partial charge in [-0.3, -0.25) is 0 Å². The second-order valence-electron chi connectivity index (χ2n) is 7.56. The van der Waals surface area contributed by atoms with Gasteiger partial charge in [-0.15, -0.1) is 0 Å². The van der Waals surface area contributed by atoms with Crippen LogP contribution in [0.3, 0.4) is 0 Å². The van der Waals surface area contributed by atoms with E-state index >= 15 is 0 Å². The number of ether oxygens (including phenoxy) is 1. The van der Waals surface area contributed by atoms with E-state index in [1.54, 1.807) is 0 Å². The van der Waals surface area contributed by atoms with Crippen molar-refractivity contribution in [2.45, 2.75) is 49.7 Å². The summed E-state index contributed by atoms with van der Waals surface area (Å²) < 4.78 is 32.9. The fourth-order valence-corrected chi connectivity index (χ4v) is 4.23. The van der Waals surface area contributed by atoms with E-state index in [0.717, 1.165) is 11.1 Å². The molecule has 4 heteroatoms. The molecular weight excluding hydrogens is 332 g/mol. The normalized spacial score (nSPS) is 29.0. The molecule has 2 nitrogen and oxygen atoms in total. The SMILES string of the molecule is COC1(C(F)F)CCC(N)(Cc2ccccc2)C(Cc2ccccc2)C1. The van der Waals surface area contributed by atoms with Crippen LogP contribution in [0.15, 0.2) is 60.7 Å². The number of alkyl halides is 2. The number of methoxy groups -OCH3 is 1. The van der Waals surface area contributed by atoms with Gasteiger partial charge < -0.3 is 10.5 Å². The van der Waals surface area contributed by atoms with Crippen LogP contribution in [0.2, 0.25) is 0 Å². The van der Waals surface area contributed by atoms with Crippen molar-refractivity contribution in [1.29, 1.82) is 0 Å². The van der Waals surface area contributed by atoms with Crippen molar-refractivity contribution in [3.8, 4) is 0 Å². The molecule has 0 aliphatic heterocycles. The van der Waals surface area contributed by atoms with Crippen LogP contribution in [-0.4, -0.2) is 24.7 Å². The van der Waals surface area contributed by atoms with Gasteiger partial charge in [-0.25, -0.2) is 8.78 Å². The van der Waals surface area contributed by atoms with Gasteiger partial charge in [-0.2, -0.15) is 0 Å². The molecule has 3 atom stereocenters. The summed E-state index contributed by atoms with van der Waals surface area (Å²) in [7, 11) is 1.40. The molecule has 0 aromatic heterocycles. The highest BCUT2D eigenvalue weighted by molar-refractivity contribution is 5.22. The molecule has 0 spiro atoms. The van der Waals surface area contributed by atoms with Crippen LogP contribution in [0.25, 0.3) is 0 Å². The van der Waals surface area contributed by atoms with E-state index < -0.39 is 17.6 Å². The molecule has 1 aliphatic rings. The lowest BCUT2D eigenvalue weighted by Crippen LogP contribution is -2.59. The van der Waals surface area contributed by atoms with Crippen LogP contribution in [-0.2, 0) is 17.6 Å². The first kappa shape index (κ1) is 19.0. The third kappa shape index (κ3) is 3.97. The van der Waals surface area contributed by atoms with Gasteiger partial charge in [0.05, 0.1) is 0 Å². The minimum atomic E-state index is -2.51. The van der Waals surface area contributed by atoms with E-state index in [1.165, 1.54) is 7.11 Å². The van der Waals surface area contributed by atoms with Gasteiger partial charge in [0.15, 0.2) is 0 Å². The first-order valence-electron chi connectivity index (χ1n) is 9.17. The molecule has 0 heterocycles. The molecule has 1 saturated carbocycles. The maximum absolute atomic E-state index is 13.8. The molecular formula is C22H27F2NO. The molecule has 3 rings (SSSR count). The topological polar surface area (TPSA) is 35.2 Å². The number of rotatable bonds is 6. The van der Waals surface area contributed by atoms with Crippen LogP contribution in [0, 0.1) is 5.92 Å². The zero-order valence-electron chi connectivity index (χ0n) is 15.2. The van der Waals surface area contributed by atoms with Gasteiger partial charge in [-0.1, -0.05) is 60.7 Å². The third-order valence-electron chi connectivity index (χ3n) is 5.92. The Hall–Kier alpha value is -1.78. The van der Waals surface area contributed by atoms with Crippen molar-refractivity contribution in [1.82, 2.24) is 0 Å². The molecule has 140 valence electrons. The Balaban J connectivity index is 1.89. The molecule has 3 unspecified atom stereocenters. The van der Waals surface area contributed by atoms with Gasteiger partial charge in [0.25, 0.3) is 6.43 Å². The summed E-state index contributed by atoms with van der Waals surface area (Å²) >= 11 is 0. The van der Waals surface area contributed by atoms with Crippen LogP contribution >= 0.6 is 0 Å². The van der Waals surface area contributed by atoms with Crippen molar-refractivity contribution in [2.75, 3.05) is 7.11 Å². The highest BCUT2D eigenvalue weighted by Crippen LogP contribution is 2.45. The average Bonchev–Trinajstić information content (AvgIpc) is 2.65. The summed E-state index contributed by atoms with van der Waals surface area (Å²) in [6.07, 6.45) is -0.0459. The quantitative estimate of drug-likeness (QED) is 0.817. The fraction of sp³-hybridized carbons (Fsp3) is 0.455. The number of benzene rings is 2. The molecule has 2 aromatic rings. The highest BCUT2D eigenvalue weighted by atomic mass is 19.3. The van der Waals surface area contributed by atoms with Crippen LogP contribution in [0.5, 0.6) is 0 Å².